The molecular formula is C30H36N6O6. The van der Waals surface area contributed by atoms with Gasteiger partial charge in [-0.1, -0.05) is 12.1 Å². The van der Waals surface area contributed by atoms with Crippen molar-refractivity contribution in [3.05, 3.63) is 53.2 Å². The van der Waals surface area contributed by atoms with Crippen LogP contribution in [0.4, 0.5) is 16.3 Å². The third-order valence-corrected chi connectivity index (χ3v) is 7.89. The van der Waals surface area contributed by atoms with Crippen LogP contribution in [-0.2, 0) is 42.2 Å². The molecule has 3 aliphatic rings. The average molecular weight is 577 g/mol. The summed E-state index contributed by atoms with van der Waals surface area (Å²) in [6.07, 6.45) is 3.02. The van der Waals surface area contributed by atoms with Crippen LogP contribution < -0.4 is 21.3 Å². The van der Waals surface area contributed by atoms with Crippen LogP contribution in [0.15, 0.2) is 36.5 Å². The molecule has 0 radical (unpaired) electrons. The van der Waals surface area contributed by atoms with Gasteiger partial charge in [-0.05, 0) is 75.8 Å². The van der Waals surface area contributed by atoms with E-state index < -0.39 is 17.1 Å². The van der Waals surface area contributed by atoms with Crippen LogP contribution >= 0.6 is 0 Å². The Morgan fingerprint density at radius 1 is 1.05 bits per heavy atom. The maximum absolute atomic E-state index is 12.9. The largest absolute Gasteiger partial charge is 0.444 e. The summed E-state index contributed by atoms with van der Waals surface area (Å²) in [6.45, 7) is 5.64. The minimum atomic E-state index is -0.683. The van der Waals surface area contributed by atoms with Crippen LogP contribution in [0.25, 0.3) is 0 Å². The van der Waals surface area contributed by atoms with Crippen molar-refractivity contribution in [2.75, 3.05) is 36.8 Å². The molecule has 3 heterocycles. The summed E-state index contributed by atoms with van der Waals surface area (Å²) in [5, 5.41) is 10.9. The number of benzene rings is 1. The van der Waals surface area contributed by atoms with Gasteiger partial charge in [0.1, 0.15) is 18.0 Å². The predicted octanol–water partition coefficient (Wildman–Crippen LogP) is 1.89. The zero-order valence-corrected chi connectivity index (χ0v) is 24.0. The number of alkyl carbamates (subject to hydrolysis) is 1. The first-order chi connectivity index (χ1) is 19.9. The lowest BCUT2D eigenvalue weighted by atomic mass is 9.79. The van der Waals surface area contributed by atoms with Crippen LogP contribution in [0, 0.1) is 5.92 Å². The second-order valence-electron chi connectivity index (χ2n) is 12.0. The van der Waals surface area contributed by atoms with Crippen molar-refractivity contribution < 1.29 is 28.7 Å². The Kier molecular flexibility index (Phi) is 7.89. The summed E-state index contributed by atoms with van der Waals surface area (Å²) >= 11 is 0. The molecule has 1 aromatic heterocycles. The molecule has 0 bridgehead atoms. The zero-order valence-electron chi connectivity index (χ0n) is 24.0. The molecule has 12 heteroatoms. The fourth-order valence-electron chi connectivity index (χ4n) is 5.83. The SMILES string of the molecule is CC(C)(C)OC(=O)NCC(=O)N1CCC(C(=O)NCC(=O)Nc2ccc3c(c2)CC2(C3)C(=O)Nc3ncccc32)CC1. The highest BCUT2D eigenvalue weighted by Crippen LogP contribution is 2.46. The van der Waals surface area contributed by atoms with Crippen molar-refractivity contribution in [1.82, 2.24) is 20.5 Å². The molecule has 1 fully saturated rings. The number of aromatic nitrogens is 1. The normalized spacial score (nSPS) is 19.5. The van der Waals surface area contributed by atoms with Gasteiger partial charge in [0.15, 0.2) is 0 Å². The molecule has 1 atom stereocenters. The van der Waals surface area contributed by atoms with Crippen LogP contribution in [0.1, 0.15) is 50.3 Å². The van der Waals surface area contributed by atoms with E-state index in [4.69, 9.17) is 4.74 Å². The molecule has 2 aliphatic heterocycles. The van der Waals surface area contributed by atoms with Gasteiger partial charge in [-0.25, -0.2) is 9.78 Å². The maximum Gasteiger partial charge on any atom is 0.408 e. The fourth-order valence-corrected chi connectivity index (χ4v) is 5.83. The molecule has 222 valence electrons. The Morgan fingerprint density at radius 3 is 2.52 bits per heavy atom. The van der Waals surface area contributed by atoms with Crippen molar-refractivity contribution in [3.63, 3.8) is 0 Å². The number of piperidine rings is 1. The fraction of sp³-hybridized carbons (Fsp3) is 0.467. The van der Waals surface area contributed by atoms with Gasteiger partial charge >= 0.3 is 6.09 Å². The van der Waals surface area contributed by atoms with E-state index in [0.29, 0.717) is 50.3 Å². The highest BCUT2D eigenvalue weighted by atomic mass is 16.6. The van der Waals surface area contributed by atoms with Crippen molar-refractivity contribution in [2.24, 2.45) is 5.92 Å². The molecular weight excluding hydrogens is 540 g/mol. The lowest BCUT2D eigenvalue weighted by molar-refractivity contribution is -0.135. The smallest absolute Gasteiger partial charge is 0.408 e. The van der Waals surface area contributed by atoms with Gasteiger partial charge in [-0.3, -0.25) is 19.2 Å². The van der Waals surface area contributed by atoms with Crippen molar-refractivity contribution in [3.8, 4) is 0 Å². The van der Waals surface area contributed by atoms with Gasteiger partial charge in [0, 0.05) is 36.5 Å². The van der Waals surface area contributed by atoms with Gasteiger partial charge in [-0.2, -0.15) is 0 Å². The first-order valence-electron chi connectivity index (χ1n) is 14.1. The third kappa shape index (κ3) is 6.22. The average Bonchev–Trinajstić information content (AvgIpc) is 3.46. The van der Waals surface area contributed by atoms with Crippen LogP contribution in [0.5, 0.6) is 0 Å². The molecule has 42 heavy (non-hydrogen) atoms. The molecule has 5 amide bonds. The van der Waals surface area contributed by atoms with E-state index in [1.165, 1.54) is 0 Å². The van der Waals surface area contributed by atoms with Crippen LogP contribution in [-0.4, -0.2) is 71.4 Å². The molecule has 1 unspecified atom stereocenters. The number of rotatable bonds is 6. The highest BCUT2D eigenvalue weighted by molar-refractivity contribution is 6.06. The van der Waals surface area contributed by atoms with E-state index in [-0.39, 0.29) is 42.6 Å². The van der Waals surface area contributed by atoms with Gasteiger partial charge in [0.25, 0.3) is 0 Å². The summed E-state index contributed by atoms with van der Waals surface area (Å²) in [5.74, 6) is -0.606. The van der Waals surface area contributed by atoms with Gasteiger partial charge in [0.2, 0.25) is 23.6 Å². The van der Waals surface area contributed by atoms with Crippen molar-refractivity contribution >= 4 is 41.2 Å². The number of carbonyl (C=O) groups is 5. The van der Waals surface area contributed by atoms with E-state index in [1.807, 2.05) is 24.3 Å². The Hall–Kier alpha value is -4.48. The standard InChI is InChI=1S/C30H36N6O6/c1-29(2,3)42-28(41)33-17-24(38)36-11-8-18(9-12-36)26(39)32-16-23(37)34-21-7-6-19-14-30(15-20(19)13-21)22-5-4-10-31-25(22)35-27(30)40/h4-7,10,13,18H,8-9,11-12,14-17H2,1-3H3,(H,32,39)(H,33,41)(H,34,37)(H,31,35,40). The number of carbonyl (C=O) groups excluding carboxylic acids is 5. The molecule has 2 aromatic rings. The first-order valence-corrected chi connectivity index (χ1v) is 14.1. The number of hydrogen-bond acceptors (Lipinski definition) is 7. The molecule has 12 nitrogen and oxygen atoms in total. The number of nitrogens with zero attached hydrogens (tertiary/aromatic N) is 2. The Labute approximate surface area is 244 Å². The molecule has 4 N–H and O–H groups in total. The molecule has 1 aromatic carbocycles. The Bertz CT molecular complexity index is 1430. The number of nitrogens with one attached hydrogen (secondary N) is 4. The summed E-state index contributed by atoms with van der Waals surface area (Å²) < 4.78 is 5.14. The second-order valence-corrected chi connectivity index (χ2v) is 12.0. The number of fused-ring (bicyclic) bond motifs is 3. The number of ether oxygens (including phenoxy) is 1. The Morgan fingerprint density at radius 2 is 1.79 bits per heavy atom. The third-order valence-electron chi connectivity index (χ3n) is 7.89. The predicted molar refractivity (Wildman–Crippen MR) is 154 cm³/mol. The first kappa shape index (κ1) is 29.0. The van der Waals surface area contributed by atoms with Crippen molar-refractivity contribution in [1.29, 1.82) is 0 Å². The molecule has 0 saturated carbocycles. The molecule has 1 spiro atoms. The van der Waals surface area contributed by atoms with Gasteiger partial charge in [0.05, 0.1) is 12.0 Å². The molecule has 5 rings (SSSR count). The number of anilines is 2. The summed E-state index contributed by atoms with van der Waals surface area (Å²) in [6, 6.07) is 9.38. The topological polar surface area (TPSA) is 159 Å². The highest BCUT2D eigenvalue weighted by Gasteiger charge is 2.51. The quantitative estimate of drug-likeness (QED) is 0.409. The molecule has 1 aliphatic carbocycles. The molecule has 1 saturated heterocycles. The lowest BCUT2D eigenvalue weighted by Crippen LogP contribution is -2.47. The van der Waals surface area contributed by atoms with Gasteiger partial charge < -0.3 is 30.9 Å². The second kappa shape index (κ2) is 11.4. The zero-order chi connectivity index (χ0) is 30.1. The number of amides is 5. The van der Waals surface area contributed by atoms with E-state index >= 15 is 0 Å². The number of pyridine rings is 1. The van der Waals surface area contributed by atoms with Crippen molar-refractivity contribution in [2.45, 2.75) is 57.5 Å². The minimum Gasteiger partial charge on any atom is -0.444 e. The van der Waals surface area contributed by atoms with Crippen LogP contribution in [0.3, 0.4) is 0 Å². The Balaban J connectivity index is 1.06. The summed E-state index contributed by atoms with van der Waals surface area (Å²) in [5.41, 5.74) is 2.20. The number of hydrogen-bond donors (Lipinski definition) is 4. The maximum atomic E-state index is 12.9. The van der Waals surface area contributed by atoms with Crippen LogP contribution in [0.2, 0.25) is 0 Å². The summed E-state index contributed by atoms with van der Waals surface area (Å²) in [4.78, 5) is 68.3. The minimum absolute atomic E-state index is 0.0617. The summed E-state index contributed by atoms with van der Waals surface area (Å²) in [7, 11) is 0. The van der Waals surface area contributed by atoms with E-state index in [2.05, 4.69) is 26.3 Å². The van der Waals surface area contributed by atoms with E-state index in [1.54, 1.807) is 37.9 Å². The van der Waals surface area contributed by atoms with E-state index in [0.717, 1.165) is 16.7 Å². The van der Waals surface area contributed by atoms with E-state index in [9.17, 15) is 24.0 Å². The van der Waals surface area contributed by atoms with Gasteiger partial charge in [-0.15, -0.1) is 0 Å². The monoisotopic (exact) mass is 576 g/mol. The lowest BCUT2D eigenvalue weighted by Gasteiger charge is -2.31. The number of likely N-dealkylation sites (tertiary alicyclic amines) is 1.